The molecule has 0 bridgehead atoms. The average molecular weight is 499 g/mol. The summed E-state index contributed by atoms with van der Waals surface area (Å²) in [6.07, 6.45) is 2.36. The number of ether oxygens (including phenoxy) is 2. The van der Waals surface area contributed by atoms with Gasteiger partial charge in [-0.25, -0.2) is 18.0 Å². The summed E-state index contributed by atoms with van der Waals surface area (Å²) in [6.45, 7) is 1.02. The van der Waals surface area contributed by atoms with Gasteiger partial charge in [-0.3, -0.25) is 5.10 Å². The summed E-state index contributed by atoms with van der Waals surface area (Å²) >= 11 is 0. The van der Waals surface area contributed by atoms with Gasteiger partial charge in [-0.15, -0.1) is 0 Å². The molecule has 2 fully saturated rings. The molecule has 2 aliphatic rings. The van der Waals surface area contributed by atoms with Crippen LogP contribution in [0.15, 0.2) is 30.5 Å². The van der Waals surface area contributed by atoms with Crippen LogP contribution < -0.4 is 4.74 Å². The highest BCUT2D eigenvalue weighted by Gasteiger charge is 2.53. The third kappa shape index (κ3) is 3.31. The van der Waals surface area contributed by atoms with E-state index in [1.807, 2.05) is 4.57 Å². The Balaban J connectivity index is 1.68. The molecule has 1 aliphatic carbocycles. The maximum Gasteiger partial charge on any atom is 0.341 e. The van der Waals surface area contributed by atoms with E-state index in [2.05, 4.69) is 10.2 Å². The highest BCUT2D eigenvalue weighted by Crippen LogP contribution is 2.54. The van der Waals surface area contributed by atoms with Crippen LogP contribution in [0.3, 0.4) is 0 Å². The van der Waals surface area contributed by atoms with Gasteiger partial charge in [0.1, 0.15) is 5.52 Å². The van der Waals surface area contributed by atoms with E-state index in [0.29, 0.717) is 53.6 Å². The zero-order chi connectivity index (χ0) is 25.2. The van der Waals surface area contributed by atoms with Crippen molar-refractivity contribution in [2.24, 2.45) is 0 Å². The summed E-state index contributed by atoms with van der Waals surface area (Å²) in [5.41, 5.74) is 0.345. The first-order valence-electron chi connectivity index (χ1n) is 11.9. The molecule has 0 spiro atoms. The van der Waals surface area contributed by atoms with E-state index < -0.39 is 29.2 Å². The Hall–Kier alpha value is -3.53. The average Bonchev–Trinajstić information content (AvgIpc) is 3.46. The van der Waals surface area contributed by atoms with E-state index in [4.69, 9.17) is 9.47 Å². The number of carboxylic acids is 1. The minimum atomic E-state index is -2.35. The summed E-state index contributed by atoms with van der Waals surface area (Å²) in [4.78, 5) is 11.5. The SMILES string of the molecule is COc1cc(-n2c(C3CCOCC3)c([C@H]3C[C@](F)(C(=O)O)C3)c3c(F)c4[nH]ncc4cc32)ccc1F. The molecule has 0 unspecified atom stereocenters. The Morgan fingerprint density at radius 3 is 2.67 bits per heavy atom. The number of carbonyl (C=O) groups is 1. The van der Waals surface area contributed by atoms with Gasteiger partial charge < -0.3 is 19.1 Å². The van der Waals surface area contributed by atoms with Gasteiger partial charge in [0.05, 0.1) is 18.8 Å². The summed E-state index contributed by atoms with van der Waals surface area (Å²) in [5, 5.41) is 16.9. The number of nitrogens with one attached hydrogen (secondary N) is 1. The van der Waals surface area contributed by atoms with Gasteiger partial charge in [-0.05, 0) is 55.4 Å². The third-order valence-electron chi connectivity index (χ3n) is 7.62. The van der Waals surface area contributed by atoms with Crippen molar-refractivity contribution in [1.82, 2.24) is 14.8 Å². The van der Waals surface area contributed by atoms with Crippen LogP contribution in [0.5, 0.6) is 5.75 Å². The fourth-order valence-electron chi connectivity index (χ4n) is 5.80. The van der Waals surface area contributed by atoms with Gasteiger partial charge in [-0.1, -0.05) is 0 Å². The lowest BCUT2D eigenvalue weighted by Gasteiger charge is -2.39. The molecule has 36 heavy (non-hydrogen) atoms. The van der Waals surface area contributed by atoms with Gasteiger partial charge in [0, 0.05) is 47.4 Å². The molecule has 0 radical (unpaired) electrons. The first-order valence-corrected chi connectivity index (χ1v) is 11.9. The number of nitrogens with zero attached hydrogens (tertiary/aromatic N) is 2. The van der Waals surface area contributed by atoms with Crippen molar-refractivity contribution < 1.29 is 32.5 Å². The Morgan fingerprint density at radius 2 is 1.97 bits per heavy atom. The predicted octanol–water partition coefficient (Wildman–Crippen LogP) is 5.36. The number of hydrogen-bond acceptors (Lipinski definition) is 4. The van der Waals surface area contributed by atoms with Crippen molar-refractivity contribution in [1.29, 1.82) is 0 Å². The predicted molar refractivity (Wildman–Crippen MR) is 126 cm³/mol. The molecule has 0 atom stereocenters. The Morgan fingerprint density at radius 1 is 1.22 bits per heavy atom. The van der Waals surface area contributed by atoms with Gasteiger partial charge in [0.2, 0.25) is 5.67 Å². The number of halogens is 3. The molecule has 4 aromatic rings. The van der Waals surface area contributed by atoms with Crippen molar-refractivity contribution >= 4 is 27.8 Å². The van der Waals surface area contributed by atoms with Crippen LogP contribution in [0.2, 0.25) is 0 Å². The van der Waals surface area contributed by atoms with Gasteiger partial charge >= 0.3 is 5.97 Å². The quantitative estimate of drug-likeness (QED) is 0.386. The minimum absolute atomic E-state index is 0.0379. The number of hydrogen-bond donors (Lipinski definition) is 2. The second-order valence-corrected chi connectivity index (χ2v) is 9.63. The smallest absolute Gasteiger partial charge is 0.341 e. The molecule has 2 aromatic carbocycles. The molecule has 6 rings (SSSR count). The number of aromatic nitrogens is 3. The van der Waals surface area contributed by atoms with E-state index in [1.165, 1.54) is 19.4 Å². The van der Waals surface area contributed by atoms with Crippen LogP contribution in [0.25, 0.3) is 27.5 Å². The largest absolute Gasteiger partial charge is 0.494 e. The molecule has 10 heteroatoms. The van der Waals surface area contributed by atoms with Crippen molar-refractivity contribution in [3.63, 3.8) is 0 Å². The number of aliphatic carboxylic acids is 1. The van der Waals surface area contributed by atoms with Gasteiger partial charge in [-0.2, -0.15) is 5.10 Å². The number of H-pyrrole nitrogens is 1. The molecule has 188 valence electrons. The first-order chi connectivity index (χ1) is 17.3. The molecule has 1 saturated carbocycles. The lowest BCUT2D eigenvalue weighted by Crippen LogP contribution is -2.45. The fraction of sp³-hybridized carbons (Fsp3) is 0.385. The molecule has 0 amide bonds. The lowest BCUT2D eigenvalue weighted by atomic mass is 9.67. The van der Waals surface area contributed by atoms with Crippen molar-refractivity contribution in [2.75, 3.05) is 20.3 Å². The van der Waals surface area contributed by atoms with E-state index in [1.54, 1.807) is 18.2 Å². The van der Waals surface area contributed by atoms with E-state index in [-0.39, 0.29) is 30.0 Å². The fourth-order valence-corrected chi connectivity index (χ4v) is 5.80. The second kappa shape index (κ2) is 8.26. The van der Waals surface area contributed by atoms with Crippen LogP contribution in [-0.4, -0.2) is 51.8 Å². The molecule has 2 aromatic heterocycles. The zero-order valence-corrected chi connectivity index (χ0v) is 19.5. The monoisotopic (exact) mass is 499 g/mol. The molecule has 3 heterocycles. The van der Waals surface area contributed by atoms with Gasteiger partial charge in [0.25, 0.3) is 0 Å². The van der Waals surface area contributed by atoms with Crippen LogP contribution in [0.4, 0.5) is 13.2 Å². The Labute approximate surface area is 203 Å². The van der Waals surface area contributed by atoms with Crippen LogP contribution >= 0.6 is 0 Å². The van der Waals surface area contributed by atoms with E-state index in [0.717, 1.165) is 5.69 Å². The molecular weight excluding hydrogens is 475 g/mol. The van der Waals surface area contributed by atoms with Crippen molar-refractivity contribution in [3.05, 3.63) is 53.4 Å². The maximum absolute atomic E-state index is 16.1. The minimum Gasteiger partial charge on any atom is -0.494 e. The number of alkyl halides is 1. The Bertz CT molecular complexity index is 1500. The standard InChI is InChI=1S/C26H24F3N3O4/c1-35-19-9-16(2-3-17(19)27)32-18-8-14-12-30-31-23(14)22(28)21(18)20(15-10-26(29,11-15)25(33)34)24(32)13-4-6-36-7-5-13/h2-3,8-9,12-13,15H,4-7,10-11H2,1H3,(H,30,31)(H,33,34)/t15-,26+. The van der Waals surface area contributed by atoms with E-state index >= 15 is 4.39 Å². The molecular formula is C26H24F3N3O4. The van der Waals surface area contributed by atoms with Crippen molar-refractivity contribution in [2.45, 2.75) is 43.2 Å². The van der Waals surface area contributed by atoms with Crippen LogP contribution in [0.1, 0.15) is 48.8 Å². The highest BCUT2D eigenvalue weighted by atomic mass is 19.1. The number of aromatic amines is 1. The number of benzene rings is 2. The maximum atomic E-state index is 16.1. The van der Waals surface area contributed by atoms with Crippen molar-refractivity contribution in [3.8, 4) is 11.4 Å². The highest BCUT2D eigenvalue weighted by molar-refractivity contribution is 6.00. The zero-order valence-electron chi connectivity index (χ0n) is 19.5. The Kier molecular flexibility index (Phi) is 5.26. The first kappa shape index (κ1) is 22.9. The van der Waals surface area contributed by atoms with Crippen LogP contribution in [0, 0.1) is 11.6 Å². The molecule has 7 nitrogen and oxygen atoms in total. The normalized spacial score (nSPS) is 22.7. The van der Waals surface area contributed by atoms with Gasteiger partial charge in [0.15, 0.2) is 17.4 Å². The third-order valence-corrected chi connectivity index (χ3v) is 7.62. The molecule has 1 aliphatic heterocycles. The number of carboxylic acid groups (broad SMARTS) is 1. The summed E-state index contributed by atoms with van der Waals surface area (Å²) in [6, 6.07) is 6.24. The summed E-state index contributed by atoms with van der Waals surface area (Å²) < 4.78 is 58.0. The molecule has 1 saturated heterocycles. The molecule has 2 N–H and O–H groups in total. The van der Waals surface area contributed by atoms with Crippen LogP contribution in [-0.2, 0) is 9.53 Å². The van der Waals surface area contributed by atoms with E-state index in [9.17, 15) is 18.7 Å². The second-order valence-electron chi connectivity index (χ2n) is 9.63. The summed E-state index contributed by atoms with van der Waals surface area (Å²) in [5.74, 6) is -3.07. The number of fused-ring (bicyclic) bond motifs is 2. The lowest BCUT2D eigenvalue weighted by molar-refractivity contribution is -0.158. The topological polar surface area (TPSA) is 89.4 Å². The number of methoxy groups -OCH3 is 1. The number of rotatable bonds is 5. The summed E-state index contributed by atoms with van der Waals surface area (Å²) in [7, 11) is 1.37.